The van der Waals surface area contributed by atoms with Gasteiger partial charge in [0, 0.05) is 6.42 Å². The maximum Gasteiger partial charge on any atom is 0.287 e. The number of aryl methyl sites for hydroxylation is 3. The first-order chi connectivity index (χ1) is 20.9. The number of carbonyl (C=O) groups excluding carboxylic acids is 2. The molecule has 0 radical (unpaired) electrons. The van der Waals surface area contributed by atoms with E-state index in [4.69, 9.17) is 9.52 Å². The third-order valence-electron chi connectivity index (χ3n) is 7.22. The Bertz CT molecular complexity index is 1780. The lowest BCUT2D eigenvalue weighted by molar-refractivity contribution is -0.130. The summed E-state index contributed by atoms with van der Waals surface area (Å²) in [6.07, 6.45) is 2.11. The zero-order valence-corrected chi connectivity index (χ0v) is 25.6. The summed E-state index contributed by atoms with van der Waals surface area (Å²) in [4.78, 5) is 27.4. The minimum Gasteiger partial charge on any atom is -0.459 e. The Morgan fingerprint density at radius 1 is 1.02 bits per heavy atom. The molecular weight excluding hydrogens is 581 g/mol. The van der Waals surface area contributed by atoms with Crippen molar-refractivity contribution in [1.82, 2.24) is 25.1 Å². The Kier molecular flexibility index (Phi) is 8.26. The van der Waals surface area contributed by atoms with Gasteiger partial charge < -0.3 is 9.73 Å². The van der Waals surface area contributed by atoms with Crippen molar-refractivity contribution in [2.45, 2.75) is 44.9 Å². The van der Waals surface area contributed by atoms with E-state index in [1.807, 2.05) is 61.1 Å². The zero-order valence-electron chi connectivity index (χ0n) is 24.0. The fourth-order valence-electron chi connectivity index (χ4n) is 4.94. The Labute approximate surface area is 257 Å². The van der Waals surface area contributed by atoms with Gasteiger partial charge in [-0.1, -0.05) is 59.8 Å². The minimum atomic E-state index is -0.347. The molecular formula is C32H30N6O3S2. The molecule has 1 aliphatic heterocycles. The molecule has 9 nitrogen and oxygen atoms in total. The van der Waals surface area contributed by atoms with Gasteiger partial charge >= 0.3 is 0 Å². The average Bonchev–Trinajstić information content (AvgIpc) is 3.83. The van der Waals surface area contributed by atoms with Crippen molar-refractivity contribution in [1.29, 1.82) is 0 Å². The van der Waals surface area contributed by atoms with Crippen molar-refractivity contribution in [3.05, 3.63) is 117 Å². The number of amides is 2. The van der Waals surface area contributed by atoms with Crippen LogP contribution in [0.4, 0.5) is 0 Å². The largest absolute Gasteiger partial charge is 0.459 e. The fraction of sp³-hybridized carbons (Fsp3) is 0.219. The number of hydrogen-bond acceptors (Lipinski definition) is 8. The van der Waals surface area contributed by atoms with E-state index in [1.165, 1.54) is 18.0 Å². The Morgan fingerprint density at radius 2 is 1.84 bits per heavy atom. The van der Waals surface area contributed by atoms with Crippen molar-refractivity contribution < 1.29 is 14.0 Å². The second kappa shape index (κ2) is 12.4. The van der Waals surface area contributed by atoms with Gasteiger partial charge in [0.25, 0.3) is 11.8 Å². The number of benzene rings is 2. The highest BCUT2D eigenvalue weighted by molar-refractivity contribution is 7.99. The van der Waals surface area contributed by atoms with Crippen LogP contribution in [0, 0.1) is 20.8 Å². The number of furan rings is 1. The average molecular weight is 611 g/mol. The third kappa shape index (κ3) is 6.18. The highest BCUT2D eigenvalue weighted by Crippen LogP contribution is 2.35. The smallest absolute Gasteiger partial charge is 0.287 e. The maximum atomic E-state index is 13.8. The van der Waals surface area contributed by atoms with Gasteiger partial charge in [0.05, 0.1) is 40.9 Å². The van der Waals surface area contributed by atoms with Crippen LogP contribution in [0.1, 0.15) is 56.0 Å². The van der Waals surface area contributed by atoms with Gasteiger partial charge in [-0.15, -0.1) is 21.5 Å². The van der Waals surface area contributed by atoms with Gasteiger partial charge in [0.15, 0.2) is 16.7 Å². The van der Waals surface area contributed by atoms with E-state index in [2.05, 4.69) is 39.8 Å². The standard InChI is InChI=1S/C32H30N6O3S2/c1-20-9-12-23(13-10-20)26-17-24(28-7-5-15-42-28)36-38(26)30(39)19-43-32-35-34-29(18-33-31(40)27-6-4-14-41-27)37(32)25-16-21(2)8-11-22(25)3/h4-16,26H,17-19H2,1-3H3,(H,33,40). The van der Waals surface area contributed by atoms with Crippen LogP contribution >= 0.6 is 23.1 Å². The topological polar surface area (TPSA) is 106 Å². The normalized spacial score (nSPS) is 14.6. The molecule has 0 fully saturated rings. The Hall–Kier alpha value is -4.48. The number of rotatable bonds is 9. The number of thiophene rings is 1. The second-order valence-electron chi connectivity index (χ2n) is 10.4. The molecule has 5 aromatic rings. The molecule has 1 unspecified atom stereocenters. The highest BCUT2D eigenvalue weighted by Gasteiger charge is 2.33. The van der Waals surface area contributed by atoms with Crippen LogP contribution in [0.15, 0.2) is 93.0 Å². The summed E-state index contributed by atoms with van der Waals surface area (Å²) in [6.45, 7) is 6.21. The molecule has 218 valence electrons. The Balaban J connectivity index is 1.26. The molecule has 0 bridgehead atoms. The van der Waals surface area contributed by atoms with Crippen LogP contribution in [0.2, 0.25) is 0 Å². The van der Waals surface area contributed by atoms with Crippen molar-refractivity contribution >= 4 is 40.6 Å². The summed E-state index contributed by atoms with van der Waals surface area (Å²) in [7, 11) is 0. The SMILES string of the molecule is Cc1ccc(C2CC(c3cccs3)=NN2C(=O)CSc2nnc(CNC(=O)c3ccco3)n2-c2cc(C)ccc2C)cc1. The van der Waals surface area contributed by atoms with Crippen molar-refractivity contribution in [2.75, 3.05) is 5.75 Å². The summed E-state index contributed by atoms with van der Waals surface area (Å²) in [6, 6.07) is 21.5. The van der Waals surface area contributed by atoms with E-state index in [9.17, 15) is 9.59 Å². The third-order valence-corrected chi connectivity index (χ3v) is 9.05. The zero-order chi connectivity index (χ0) is 29.9. The fourth-order valence-corrected chi connectivity index (χ4v) is 6.47. The van der Waals surface area contributed by atoms with Crippen LogP contribution in [0.3, 0.4) is 0 Å². The van der Waals surface area contributed by atoms with E-state index in [0.717, 1.165) is 38.5 Å². The second-order valence-corrected chi connectivity index (χ2v) is 12.3. The molecule has 6 rings (SSSR count). The molecule has 4 heterocycles. The summed E-state index contributed by atoms with van der Waals surface area (Å²) < 4.78 is 7.13. The molecule has 0 saturated heterocycles. The quantitative estimate of drug-likeness (QED) is 0.198. The molecule has 3 aromatic heterocycles. The van der Waals surface area contributed by atoms with Gasteiger partial charge in [-0.05, 0) is 67.1 Å². The number of hydrogen-bond donors (Lipinski definition) is 1. The van der Waals surface area contributed by atoms with E-state index >= 15 is 0 Å². The van der Waals surface area contributed by atoms with Gasteiger partial charge in [0.1, 0.15) is 0 Å². The number of aromatic nitrogens is 3. The molecule has 2 amide bonds. The van der Waals surface area contributed by atoms with Crippen LogP contribution in [-0.2, 0) is 11.3 Å². The number of carbonyl (C=O) groups is 2. The molecule has 1 N–H and O–H groups in total. The molecule has 1 aliphatic rings. The summed E-state index contributed by atoms with van der Waals surface area (Å²) in [5.74, 6) is 0.408. The van der Waals surface area contributed by atoms with Crippen molar-refractivity contribution in [2.24, 2.45) is 5.10 Å². The first kappa shape index (κ1) is 28.6. The van der Waals surface area contributed by atoms with Crippen LogP contribution in [0.25, 0.3) is 5.69 Å². The predicted octanol–water partition coefficient (Wildman–Crippen LogP) is 6.25. The van der Waals surface area contributed by atoms with Crippen LogP contribution < -0.4 is 5.32 Å². The number of thioether (sulfide) groups is 1. The lowest BCUT2D eigenvalue weighted by atomic mass is 10.00. The van der Waals surface area contributed by atoms with Gasteiger partial charge in [-0.25, -0.2) is 5.01 Å². The minimum absolute atomic E-state index is 0.116. The number of nitrogens with zero attached hydrogens (tertiary/aromatic N) is 5. The lowest BCUT2D eigenvalue weighted by Crippen LogP contribution is -2.28. The molecule has 1 atom stereocenters. The lowest BCUT2D eigenvalue weighted by Gasteiger charge is -2.22. The number of nitrogens with one attached hydrogen (secondary N) is 1. The van der Waals surface area contributed by atoms with E-state index in [0.29, 0.717) is 17.4 Å². The van der Waals surface area contributed by atoms with Crippen LogP contribution in [0.5, 0.6) is 0 Å². The summed E-state index contributed by atoms with van der Waals surface area (Å²) in [5.41, 5.74) is 6.09. The maximum absolute atomic E-state index is 13.8. The summed E-state index contributed by atoms with van der Waals surface area (Å²) in [5, 5.41) is 20.7. The van der Waals surface area contributed by atoms with Crippen molar-refractivity contribution in [3.8, 4) is 5.69 Å². The monoisotopic (exact) mass is 610 g/mol. The van der Waals surface area contributed by atoms with Gasteiger partial charge in [-0.3, -0.25) is 14.2 Å². The van der Waals surface area contributed by atoms with Crippen LogP contribution in [-0.4, -0.2) is 43.1 Å². The Morgan fingerprint density at radius 3 is 2.58 bits per heavy atom. The van der Waals surface area contributed by atoms with E-state index in [-0.39, 0.29) is 35.9 Å². The highest BCUT2D eigenvalue weighted by atomic mass is 32.2. The number of hydrazone groups is 1. The summed E-state index contributed by atoms with van der Waals surface area (Å²) >= 11 is 2.93. The molecule has 0 spiro atoms. The van der Waals surface area contributed by atoms with Gasteiger partial charge in [0.2, 0.25) is 0 Å². The first-order valence-electron chi connectivity index (χ1n) is 13.8. The molecule has 43 heavy (non-hydrogen) atoms. The predicted molar refractivity (Wildman–Crippen MR) is 168 cm³/mol. The molecule has 2 aromatic carbocycles. The molecule has 0 saturated carbocycles. The van der Waals surface area contributed by atoms with Gasteiger partial charge in [-0.2, -0.15) is 5.10 Å². The van der Waals surface area contributed by atoms with E-state index in [1.54, 1.807) is 28.5 Å². The molecule has 0 aliphatic carbocycles. The first-order valence-corrected chi connectivity index (χ1v) is 15.7. The van der Waals surface area contributed by atoms with E-state index < -0.39 is 0 Å². The van der Waals surface area contributed by atoms with Crippen molar-refractivity contribution in [3.63, 3.8) is 0 Å². The molecule has 11 heteroatoms.